The summed E-state index contributed by atoms with van der Waals surface area (Å²) in [6.45, 7) is -1.75. The SMILES string of the molecule is COc1ccc(CNCc2ccn[nH]2)cc1OC(F)F. The van der Waals surface area contributed by atoms with Gasteiger partial charge in [-0.25, -0.2) is 0 Å². The first-order chi connectivity index (χ1) is 9.69. The molecule has 0 aliphatic rings. The zero-order valence-electron chi connectivity index (χ0n) is 10.9. The Bertz CT molecular complexity index is 532. The molecule has 0 fully saturated rings. The van der Waals surface area contributed by atoms with Crippen LogP contribution in [0.3, 0.4) is 0 Å². The number of halogens is 2. The number of H-pyrrole nitrogens is 1. The molecule has 1 aromatic heterocycles. The summed E-state index contributed by atoms with van der Waals surface area (Å²) in [7, 11) is 1.41. The predicted octanol–water partition coefficient (Wildman–Crippen LogP) is 2.31. The van der Waals surface area contributed by atoms with Crippen LogP contribution >= 0.6 is 0 Å². The molecule has 7 heteroatoms. The first-order valence-corrected chi connectivity index (χ1v) is 5.99. The van der Waals surface area contributed by atoms with Gasteiger partial charge in [0.25, 0.3) is 0 Å². The highest BCUT2D eigenvalue weighted by Crippen LogP contribution is 2.29. The monoisotopic (exact) mass is 283 g/mol. The average Bonchev–Trinajstić information content (AvgIpc) is 2.91. The number of aromatic nitrogens is 2. The van der Waals surface area contributed by atoms with Crippen LogP contribution < -0.4 is 14.8 Å². The number of benzene rings is 1. The molecule has 108 valence electrons. The molecule has 0 spiro atoms. The fourth-order valence-electron chi connectivity index (χ4n) is 1.74. The van der Waals surface area contributed by atoms with E-state index in [2.05, 4.69) is 20.3 Å². The Kier molecular flexibility index (Phi) is 4.89. The normalized spacial score (nSPS) is 10.8. The predicted molar refractivity (Wildman–Crippen MR) is 68.8 cm³/mol. The maximum absolute atomic E-state index is 12.3. The van der Waals surface area contributed by atoms with Crippen molar-refractivity contribution in [1.82, 2.24) is 15.5 Å². The van der Waals surface area contributed by atoms with Crippen molar-refractivity contribution in [2.45, 2.75) is 19.7 Å². The van der Waals surface area contributed by atoms with Crippen LogP contribution in [0.2, 0.25) is 0 Å². The third-order valence-electron chi connectivity index (χ3n) is 2.65. The van der Waals surface area contributed by atoms with Crippen LogP contribution in [0.1, 0.15) is 11.3 Å². The molecule has 2 aromatic rings. The minimum atomic E-state index is -2.88. The topological polar surface area (TPSA) is 59.2 Å². The van der Waals surface area contributed by atoms with E-state index in [1.54, 1.807) is 18.3 Å². The van der Waals surface area contributed by atoms with Crippen LogP contribution in [0, 0.1) is 0 Å². The smallest absolute Gasteiger partial charge is 0.387 e. The number of nitrogens with one attached hydrogen (secondary N) is 2. The van der Waals surface area contributed by atoms with E-state index in [0.29, 0.717) is 13.1 Å². The summed E-state index contributed by atoms with van der Waals surface area (Å²) in [6, 6.07) is 6.78. The lowest BCUT2D eigenvalue weighted by Crippen LogP contribution is -2.13. The van der Waals surface area contributed by atoms with Gasteiger partial charge in [-0.2, -0.15) is 13.9 Å². The standard InChI is InChI=1S/C13H15F2N3O2/c1-19-11-3-2-9(6-12(11)20-13(14)15)7-16-8-10-4-5-17-18-10/h2-6,13,16H,7-8H2,1H3,(H,17,18). The van der Waals surface area contributed by atoms with Gasteiger partial charge in [0.05, 0.1) is 7.11 Å². The van der Waals surface area contributed by atoms with E-state index in [0.717, 1.165) is 11.3 Å². The van der Waals surface area contributed by atoms with Gasteiger partial charge in [-0.15, -0.1) is 0 Å². The molecule has 0 saturated carbocycles. The molecule has 1 aromatic carbocycles. The van der Waals surface area contributed by atoms with E-state index in [1.807, 2.05) is 6.07 Å². The fourth-order valence-corrected chi connectivity index (χ4v) is 1.74. The van der Waals surface area contributed by atoms with Crippen molar-refractivity contribution in [2.75, 3.05) is 7.11 Å². The van der Waals surface area contributed by atoms with Crippen LogP contribution in [0.15, 0.2) is 30.5 Å². The molecule has 0 radical (unpaired) electrons. The lowest BCUT2D eigenvalue weighted by atomic mass is 10.2. The quantitative estimate of drug-likeness (QED) is 0.818. The second kappa shape index (κ2) is 6.85. The van der Waals surface area contributed by atoms with Crippen molar-refractivity contribution in [3.8, 4) is 11.5 Å². The molecule has 0 atom stereocenters. The summed E-state index contributed by atoms with van der Waals surface area (Å²) in [5, 5.41) is 9.82. The molecule has 0 aliphatic carbocycles. The summed E-state index contributed by atoms with van der Waals surface area (Å²) in [5.74, 6) is 0.311. The van der Waals surface area contributed by atoms with E-state index < -0.39 is 6.61 Å². The van der Waals surface area contributed by atoms with Gasteiger partial charge >= 0.3 is 6.61 Å². The van der Waals surface area contributed by atoms with Gasteiger partial charge in [-0.3, -0.25) is 5.10 Å². The highest BCUT2D eigenvalue weighted by atomic mass is 19.3. The largest absolute Gasteiger partial charge is 0.493 e. The average molecular weight is 283 g/mol. The first-order valence-electron chi connectivity index (χ1n) is 5.99. The minimum Gasteiger partial charge on any atom is -0.493 e. The van der Waals surface area contributed by atoms with E-state index in [1.165, 1.54) is 13.2 Å². The molecule has 0 amide bonds. The Hall–Kier alpha value is -2.15. The number of hydrogen-bond donors (Lipinski definition) is 2. The van der Waals surface area contributed by atoms with Crippen molar-refractivity contribution in [2.24, 2.45) is 0 Å². The van der Waals surface area contributed by atoms with Gasteiger partial charge in [0.2, 0.25) is 0 Å². The van der Waals surface area contributed by atoms with E-state index in [9.17, 15) is 8.78 Å². The number of hydrogen-bond acceptors (Lipinski definition) is 4. The van der Waals surface area contributed by atoms with Crippen LogP contribution in [0.5, 0.6) is 11.5 Å². The molecule has 1 heterocycles. The third-order valence-corrected chi connectivity index (χ3v) is 2.65. The summed E-state index contributed by atoms with van der Waals surface area (Å²) >= 11 is 0. The summed E-state index contributed by atoms with van der Waals surface area (Å²) in [4.78, 5) is 0. The Morgan fingerprint density at radius 2 is 2.10 bits per heavy atom. The van der Waals surface area contributed by atoms with Crippen LogP contribution in [-0.4, -0.2) is 23.9 Å². The van der Waals surface area contributed by atoms with Crippen LogP contribution in [-0.2, 0) is 13.1 Å². The second-order valence-electron chi connectivity index (χ2n) is 4.05. The van der Waals surface area contributed by atoms with E-state index in [4.69, 9.17) is 4.74 Å². The van der Waals surface area contributed by atoms with Crippen molar-refractivity contribution in [3.05, 3.63) is 41.7 Å². The lowest BCUT2D eigenvalue weighted by Gasteiger charge is -2.11. The van der Waals surface area contributed by atoms with Gasteiger partial charge in [0, 0.05) is 25.0 Å². The molecule has 0 bridgehead atoms. The summed E-state index contributed by atoms with van der Waals surface area (Å²) in [5.41, 5.74) is 1.77. The molecule has 0 unspecified atom stereocenters. The maximum Gasteiger partial charge on any atom is 0.387 e. The van der Waals surface area contributed by atoms with Crippen molar-refractivity contribution in [3.63, 3.8) is 0 Å². The Morgan fingerprint density at radius 1 is 1.25 bits per heavy atom. The molecule has 2 N–H and O–H groups in total. The second-order valence-corrected chi connectivity index (χ2v) is 4.05. The number of aromatic amines is 1. The molecule has 0 saturated heterocycles. The van der Waals surface area contributed by atoms with Crippen LogP contribution in [0.4, 0.5) is 8.78 Å². The molecule has 20 heavy (non-hydrogen) atoms. The lowest BCUT2D eigenvalue weighted by molar-refractivity contribution is -0.0512. The number of methoxy groups -OCH3 is 1. The van der Waals surface area contributed by atoms with E-state index >= 15 is 0 Å². The molecule has 0 aliphatic heterocycles. The highest BCUT2D eigenvalue weighted by Gasteiger charge is 2.11. The zero-order valence-corrected chi connectivity index (χ0v) is 10.9. The van der Waals surface area contributed by atoms with E-state index in [-0.39, 0.29) is 11.5 Å². The van der Waals surface area contributed by atoms with Gasteiger partial charge in [0.15, 0.2) is 11.5 Å². The molecular weight excluding hydrogens is 268 g/mol. The number of alkyl halides is 2. The number of rotatable bonds is 7. The van der Waals surface area contributed by atoms with Crippen molar-refractivity contribution < 1.29 is 18.3 Å². The molecule has 2 rings (SSSR count). The minimum absolute atomic E-state index is 0.0309. The molecular formula is C13H15F2N3O2. The Labute approximate surface area is 114 Å². The Balaban J connectivity index is 1.97. The third kappa shape index (κ3) is 3.92. The van der Waals surface area contributed by atoms with Crippen molar-refractivity contribution >= 4 is 0 Å². The van der Waals surface area contributed by atoms with Gasteiger partial charge in [-0.05, 0) is 23.8 Å². The maximum atomic E-state index is 12.3. The van der Waals surface area contributed by atoms with Gasteiger partial charge in [0.1, 0.15) is 0 Å². The van der Waals surface area contributed by atoms with Crippen LogP contribution in [0.25, 0.3) is 0 Å². The fraction of sp³-hybridized carbons (Fsp3) is 0.308. The highest BCUT2D eigenvalue weighted by molar-refractivity contribution is 5.42. The zero-order chi connectivity index (χ0) is 14.4. The number of ether oxygens (including phenoxy) is 2. The number of nitrogens with zero attached hydrogens (tertiary/aromatic N) is 1. The Morgan fingerprint density at radius 3 is 2.75 bits per heavy atom. The summed E-state index contributed by atoms with van der Waals surface area (Å²) < 4.78 is 34.0. The van der Waals surface area contributed by atoms with Gasteiger partial charge < -0.3 is 14.8 Å². The van der Waals surface area contributed by atoms with Gasteiger partial charge in [-0.1, -0.05) is 6.07 Å². The first kappa shape index (κ1) is 14.3. The summed E-state index contributed by atoms with van der Waals surface area (Å²) in [6.07, 6.45) is 1.67. The van der Waals surface area contributed by atoms with Crippen molar-refractivity contribution in [1.29, 1.82) is 0 Å². The molecule has 5 nitrogen and oxygen atoms in total.